The summed E-state index contributed by atoms with van der Waals surface area (Å²) in [4.78, 5) is 38.2. The van der Waals surface area contributed by atoms with Crippen molar-refractivity contribution in [3.05, 3.63) is 51.2 Å². The van der Waals surface area contributed by atoms with Crippen LogP contribution in [0, 0.1) is 5.41 Å². The van der Waals surface area contributed by atoms with Crippen molar-refractivity contribution in [1.82, 2.24) is 14.0 Å². The summed E-state index contributed by atoms with van der Waals surface area (Å²) < 4.78 is 30.4. The lowest BCUT2D eigenvalue weighted by Crippen LogP contribution is -2.47. The molecule has 1 heterocycles. The molecule has 0 bridgehead atoms. The second kappa shape index (κ2) is 7.16. The molecule has 1 amide bonds. The average Bonchev–Trinajstić information content (AvgIpc) is 3.61. The molecule has 2 fully saturated rings. The first kappa shape index (κ1) is 21.5. The van der Waals surface area contributed by atoms with E-state index in [1.165, 1.54) is 34.9 Å². The highest BCUT2D eigenvalue weighted by atomic mass is 32.2. The smallest absolute Gasteiger partial charge is 0.291 e. The van der Waals surface area contributed by atoms with E-state index in [2.05, 4.69) is 10.1 Å². The molecule has 2 aliphatic carbocycles. The monoisotopic (exact) mass is 446 g/mol. The molecule has 0 atom stereocenters. The van der Waals surface area contributed by atoms with Gasteiger partial charge in [0.25, 0.3) is 11.5 Å². The van der Waals surface area contributed by atoms with Crippen molar-refractivity contribution in [2.45, 2.75) is 63.4 Å². The van der Waals surface area contributed by atoms with Crippen LogP contribution in [0.4, 0.5) is 0 Å². The average molecular weight is 447 g/mol. The van der Waals surface area contributed by atoms with Crippen LogP contribution in [-0.2, 0) is 21.4 Å². The lowest BCUT2D eigenvalue weighted by Gasteiger charge is -2.18. The molecule has 0 unspecified atom stereocenters. The van der Waals surface area contributed by atoms with Crippen LogP contribution in [0.5, 0.6) is 0 Å². The lowest BCUT2D eigenvalue weighted by molar-refractivity contribution is -0.112. The highest BCUT2D eigenvalue weighted by Crippen LogP contribution is 2.46. The number of benzene rings is 1. The van der Waals surface area contributed by atoms with Crippen LogP contribution in [0.2, 0.25) is 0 Å². The summed E-state index contributed by atoms with van der Waals surface area (Å²) in [5.74, 6) is -0.627. The van der Waals surface area contributed by atoms with E-state index in [4.69, 9.17) is 0 Å². The standard InChI is InChI=1S/C21H26N4O5S/c1-4-5-17(26)22-25-18(27)15-12-14(31(29,30)23-21(3)10-11-21)6-7-16(15)24(19(25)28)13-20(2)8-9-20/h4-7,12,23H,8-11,13H2,1-3H3,(H,22,26). The zero-order valence-electron chi connectivity index (χ0n) is 17.8. The van der Waals surface area contributed by atoms with E-state index in [1.54, 1.807) is 6.92 Å². The van der Waals surface area contributed by atoms with Crippen LogP contribution in [0.25, 0.3) is 10.9 Å². The molecule has 10 heteroatoms. The Labute approximate surface area is 179 Å². The molecule has 1 aromatic heterocycles. The molecule has 0 spiro atoms. The molecule has 9 nitrogen and oxygen atoms in total. The fraction of sp³-hybridized carbons (Fsp3) is 0.476. The van der Waals surface area contributed by atoms with Gasteiger partial charge in [0.1, 0.15) is 0 Å². The van der Waals surface area contributed by atoms with Crippen molar-refractivity contribution in [3.8, 4) is 0 Å². The van der Waals surface area contributed by atoms with Gasteiger partial charge in [-0.15, -0.1) is 0 Å². The molecule has 2 N–H and O–H groups in total. The molecule has 0 saturated heterocycles. The van der Waals surface area contributed by atoms with Crippen molar-refractivity contribution in [1.29, 1.82) is 0 Å². The Balaban J connectivity index is 1.90. The summed E-state index contributed by atoms with van der Waals surface area (Å²) in [5, 5.41) is 0.0495. The lowest BCUT2D eigenvalue weighted by atomic mass is 10.1. The number of allylic oxidation sites excluding steroid dienone is 1. The molecular formula is C21H26N4O5S. The number of fused-ring (bicyclic) bond motifs is 1. The number of hydrogen-bond donors (Lipinski definition) is 2. The third-order valence-corrected chi connectivity index (χ3v) is 7.63. The minimum absolute atomic E-state index is 0.0495. The molecule has 1 aromatic carbocycles. The van der Waals surface area contributed by atoms with Crippen molar-refractivity contribution >= 4 is 26.8 Å². The van der Waals surface area contributed by atoms with Crippen molar-refractivity contribution in [2.24, 2.45) is 5.41 Å². The first-order valence-corrected chi connectivity index (χ1v) is 11.7. The maximum absolute atomic E-state index is 13.1. The van der Waals surface area contributed by atoms with Crippen molar-refractivity contribution in [2.75, 3.05) is 5.43 Å². The Morgan fingerprint density at radius 2 is 1.84 bits per heavy atom. The minimum atomic E-state index is -3.84. The molecular weight excluding hydrogens is 420 g/mol. The Hall–Kier alpha value is -2.72. The van der Waals surface area contributed by atoms with Crippen LogP contribution < -0.4 is 21.4 Å². The van der Waals surface area contributed by atoms with Gasteiger partial charge >= 0.3 is 5.69 Å². The molecule has 2 aliphatic rings. The number of nitrogens with one attached hydrogen (secondary N) is 2. The molecule has 166 valence electrons. The number of sulfonamides is 1. The van der Waals surface area contributed by atoms with E-state index in [-0.39, 0.29) is 15.7 Å². The second-order valence-corrected chi connectivity index (χ2v) is 10.8. The SMILES string of the molecule is CC=CC(=O)Nn1c(=O)c2cc(S(=O)(=O)NC3(C)CC3)ccc2n(CC2(C)CC2)c1=O. The number of amides is 1. The van der Waals surface area contributed by atoms with Gasteiger partial charge in [-0.05, 0) is 63.1 Å². The van der Waals surface area contributed by atoms with Crippen LogP contribution >= 0.6 is 0 Å². The third-order valence-electron chi connectivity index (χ3n) is 5.99. The third kappa shape index (κ3) is 4.22. The van der Waals surface area contributed by atoms with Gasteiger partial charge in [-0.3, -0.25) is 19.6 Å². The number of nitrogens with zero attached hydrogens (tertiary/aromatic N) is 2. The van der Waals surface area contributed by atoms with E-state index in [9.17, 15) is 22.8 Å². The highest BCUT2D eigenvalue weighted by Gasteiger charge is 2.41. The Kier molecular flexibility index (Phi) is 4.97. The topological polar surface area (TPSA) is 119 Å². The number of aromatic nitrogens is 2. The minimum Gasteiger partial charge on any atom is -0.291 e. The van der Waals surface area contributed by atoms with Crippen LogP contribution in [0.3, 0.4) is 0 Å². The number of carbonyl (C=O) groups excluding carboxylic acids is 1. The van der Waals surface area contributed by atoms with E-state index in [0.29, 0.717) is 16.7 Å². The van der Waals surface area contributed by atoms with Gasteiger partial charge in [0.15, 0.2) is 0 Å². The number of hydrogen-bond acceptors (Lipinski definition) is 5. The van der Waals surface area contributed by atoms with Gasteiger partial charge in [0.05, 0.1) is 15.8 Å². The van der Waals surface area contributed by atoms with Gasteiger partial charge in [-0.1, -0.05) is 13.0 Å². The van der Waals surface area contributed by atoms with Gasteiger partial charge in [-0.25, -0.2) is 17.9 Å². The molecule has 2 saturated carbocycles. The normalized spacial score (nSPS) is 18.9. The quantitative estimate of drug-likeness (QED) is 0.624. The number of rotatable bonds is 7. The fourth-order valence-electron chi connectivity index (χ4n) is 3.50. The van der Waals surface area contributed by atoms with Crippen LogP contribution in [0.15, 0.2) is 44.8 Å². The van der Waals surface area contributed by atoms with E-state index in [1.807, 2.05) is 13.8 Å². The summed E-state index contributed by atoms with van der Waals surface area (Å²) in [6, 6.07) is 4.17. The Morgan fingerprint density at radius 1 is 1.16 bits per heavy atom. The summed E-state index contributed by atoms with van der Waals surface area (Å²) in [7, 11) is -3.84. The predicted octanol–water partition coefficient (Wildman–Crippen LogP) is 1.44. The molecule has 31 heavy (non-hydrogen) atoms. The zero-order chi connectivity index (χ0) is 22.6. The van der Waals surface area contributed by atoms with Crippen LogP contribution in [0.1, 0.15) is 46.5 Å². The number of carbonyl (C=O) groups is 1. The van der Waals surface area contributed by atoms with E-state index in [0.717, 1.165) is 25.7 Å². The van der Waals surface area contributed by atoms with Gasteiger partial charge < -0.3 is 0 Å². The summed E-state index contributed by atoms with van der Waals surface area (Å²) in [6.07, 6.45) is 6.08. The maximum Gasteiger partial charge on any atom is 0.350 e. The van der Waals surface area contributed by atoms with Gasteiger partial charge in [-0.2, -0.15) is 4.68 Å². The Morgan fingerprint density at radius 3 is 2.42 bits per heavy atom. The first-order chi connectivity index (χ1) is 14.5. The first-order valence-electron chi connectivity index (χ1n) is 10.2. The molecule has 4 rings (SSSR count). The molecule has 0 radical (unpaired) electrons. The summed E-state index contributed by atoms with van der Waals surface area (Å²) in [6.45, 7) is 5.87. The van der Waals surface area contributed by atoms with E-state index < -0.39 is 32.7 Å². The summed E-state index contributed by atoms with van der Waals surface area (Å²) >= 11 is 0. The highest BCUT2D eigenvalue weighted by molar-refractivity contribution is 7.89. The Bertz CT molecular complexity index is 1330. The fourth-order valence-corrected chi connectivity index (χ4v) is 4.99. The molecule has 0 aliphatic heterocycles. The maximum atomic E-state index is 13.1. The largest absolute Gasteiger partial charge is 0.350 e. The summed E-state index contributed by atoms with van der Waals surface area (Å²) in [5.41, 5.74) is 0.676. The zero-order valence-corrected chi connectivity index (χ0v) is 18.6. The van der Waals surface area contributed by atoms with Crippen LogP contribution in [-0.4, -0.2) is 29.1 Å². The van der Waals surface area contributed by atoms with Gasteiger partial charge in [0.2, 0.25) is 10.0 Å². The molecule has 2 aromatic rings. The van der Waals surface area contributed by atoms with Crippen molar-refractivity contribution in [3.63, 3.8) is 0 Å². The van der Waals surface area contributed by atoms with E-state index >= 15 is 0 Å². The second-order valence-electron chi connectivity index (χ2n) is 9.14. The van der Waals surface area contributed by atoms with Gasteiger partial charge in [0, 0.05) is 18.2 Å². The van der Waals surface area contributed by atoms with Crippen molar-refractivity contribution < 1.29 is 13.2 Å². The predicted molar refractivity (Wildman–Crippen MR) is 117 cm³/mol.